The number of unbranched alkanes of at least 4 members (excludes halogenated alkanes) is 2. The summed E-state index contributed by atoms with van der Waals surface area (Å²) in [6, 6.07) is 0.496. The van der Waals surface area contributed by atoms with E-state index in [0.29, 0.717) is 11.5 Å². The zero-order chi connectivity index (χ0) is 12.6. The Hall–Kier alpha value is -0.120. The van der Waals surface area contributed by atoms with Gasteiger partial charge in [0.05, 0.1) is 13.2 Å². The summed E-state index contributed by atoms with van der Waals surface area (Å²) in [4.78, 5) is 0. The van der Waals surface area contributed by atoms with Crippen molar-refractivity contribution in [2.75, 3.05) is 32.8 Å². The molecule has 1 aliphatic heterocycles. The van der Waals surface area contributed by atoms with Gasteiger partial charge in [0.25, 0.3) is 0 Å². The Morgan fingerprint density at radius 3 is 2.82 bits per heavy atom. The number of rotatable bonds is 8. The van der Waals surface area contributed by atoms with Crippen molar-refractivity contribution in [3.63, 3.8) is 0 Å². The average Bonchev–Trinajstić information content (AvgIpc) is 2.30. The summed E-state index contributed by atoms with van der Waals surface area (Å²) >= 11 is 0. The van der Waals surface area contributed by atoms with Gasteiger partial charge in [0.1, 0.15) is 0 Å². The Morgan fingerprint density at radius 2 is 2.18 bits per heavy atom. The van der Waals surface area contributed by atoms with Crippen molar-refractivity contribution in [1.29, 1.82) is 0 Å². The van der Waals surface area contributed by atoms with Gasteiger partial charge in [0.2, 0.25) is 0 Å². The Balaban J connectivity index is 2.06. The van der Waals surface area contributed by atoms with E-state index in [-0.39, 0.29) is 0 Å². The highest BCUT2D eigenvalue weighted by molar-refractivity contribution is 4.76. The van der Waals surface area contributed by atoms with Crippen LogP contribution in [0.4, 0.5) is 0 Å². The number of nitrogens with one attached hydrogen (secondary N) is 2. The molecule has 0 aromatic rings. The van der Waals surface area contributed by atoms with E-state index in [0.717, 1.165) is 32.8 Å². The van der Waals surface area contributed by atoms with E-state index in [1.807, 2.05) is 0 Å². The molecule has 1 atom stereocenters. The van der Waals surface area contributed by atoms with E-state index in [4.69, 9.17) is 4.74 Å². The molecule has 17 heavy (non-hydrogen) atoms. The summed E-state index contributed by atoms with van der Waals surface area (Å²) in [5.41, 5.74) is 0.421. The Bertz CT molecular complexity index is 189. The lowest BCUT2D eigenvalue weighted by Crippen LogP contribution is -2.48. The van der Waals surface area contributed by atoms with Gasteiger partial charge >= 0.3 is 0 Å². The van der Waals surface area contributed by atoms with E-state index < -0.39 is 0 Å². The lowest BCUT2D eigenvalue weighted by atomic mass is 9.87. The topological polar surface area (TPSA) is 33.3 Å². The van der Waals surface area contributed by atoms with Crippen molar-refractivity contribution < 1.29 is 4.74 Å². The largest absolute Gasteiger partial charge is 0.378 e. The van der Waals surface area contributed by atoms with Crippen LogP contribution in [-0.2, 0) is 4.74 Å². The first kappa shape index (κ1) is 14.9. The monoisotopic (exact) mass is 242 g/mol. The highest BCUT2D eigenvalue weighted by Gasteiger charge is 2.18. The fraction of sp³-hybridized carbons (Fsp3) is 1.00. The van der Waals surface area contributed by atoms with Gasteiger partial charge in [0, 0.05) is 25.7 Å². The molecule has 1 rings (SSSR count). The van der Waals surface area contributed by atoms with Crippen LogP contribution in [0, 0.1) is 5.41 Å². The molecule has 2 N–H and O–H groups in total. The average molecular weight is 242 g/mol. The maximum Gasteiger partial charge on any atom is 0.0632 e. The van der Waals surface area contributed by atoms with Gasteiger partial charge in [-0.25, -0.2) is 0 Å². The highest BCUT2D eigenvalue weighted by atomic mass is 16.5. The summed E-state index contributed by atoms with van der Waals surface area (Å²) in [7, 11) is 0. The molecule has 0 aromatic carbocycles. The first-order valence-corrected chi connectivity index (χ1v) is 7.16. The van der Waals surface area contributed by atoms with E-state index in [2.05, 4.69) is 31.4 Å². The van der Waals surface area contributed by atoms with Crippen LogP contribution in [0.5, 0.6) is 0 Å². The van der Waals surface area contributed by atoms with Crippen LogP contribution in [-0.4, -0.2) is 38.9 Å². The van der Waals surface area contributed by atoms with Gasteiger partial charge < -0.3 is 15.4 Å². The van der Waals surface area contributed by atoms with Crippen LogP contribution >= 0.6 is 0 Å². The molecular weight excluding hydrogens is 212 g/mol. The van der Waals surface area contributed by atoms with Gasteiger partial charge in [-0.3, -0.25) is 0 Å². The quantitative estimate of drug-likeness (QED) is 0.640. The first-order valence-electron chi connectivity index (χ1n) is 7.16. The molecule has 0 bridgehead atoms. The molecule has 1 unspecified atom stereocenters. The van der Waals surface area contributed by atoms with Crippen LogP contribution in [0.2, 0.25) is 0 Å². The molecule has 0 spiro atoms. The predicted octanol–water partition coefficient (Wildman–Crippen LogP) is 2.17. The molecule has 0 saturated carbocycles. The molecule has 0 amide bonds. The molecule has 3 heteroatoms. The third kappa shape index (κ3) is 7.02. The number of morpholine rings is 1. The van der Waals surface area contributed by atoms with E-state index in [9.17, 15) is 0 Å². The predicted molar refractivity (Wildman–Crippen MR) is 73.4 cm³/mol. The molecule has 1 heterocycles. The van der Waals surface area contributed by atoms with Gasteiger partial charge in [-0.1, -0.05) is 40.0 Å². The number of ether oxygens (including phenoxy) is 1. The lowest BCUT2D eigenvalue weighted by molar-refractivity contribution is 0.0757. The van der Waals surface area contributed by atoms with E-state index in [1.165, 1.54) is 25.7 Å². The number of hydrogen-bond donors (Lipinski definition) is 2. The molecule has 0 radical (unpaired) electrons. The number of hydrogen-bond acceptors (Lipinski definition) is 3. The molecule has 102 valence electrons. The van der Waals surface area contributed by atoms with Crippen molar-refractivity contribution in [3.8, 4) is 0 Å². The zero-order valence-electron chi connectivity index (χ0n) is 11.8. The van der Waals surface area contributed by atoms with Crippen molar-refractivity contribution >= 4 is 0 Å². The minimum atomic E-state index is 0.421. The summed E-state index contributed by atoms with van der Waals surface area (Å²) in [6.45, 7) is 11.8. The Morgan fingerprint density at radius 1 is 1.35 bits per heavy atom. The second-order valence-corrected chi connectivity index (χ2v) is 5.98. The Kier molecular flexibility index (Phi) is 7.09. The van der Waals surface area contributed by atoms with E-state index in [1.54, 1.807) is 0 Å². The second-order valence-electron chi connectivity index (χ2n) is 5.98. The van der Waals surface area contributed by atoms with Crippen LogP contribution in [0.3, 0.4) is 0 Å². The summed E-state index contributed by atoms with van der Waals surface area (Å²) < 4.78 is 5.44. The van der Waals surface area contributed by atoms with Gasteiger partial charge in [-0.15, -0.1) is 0 Å². The third-order valence-corrected chi connectivity index (χ3v) is 3.45. The van der Waals surface area contributed by atoms with Crippen LogP contribution in [0.25, 0.3) is 0 Å². The van der Waals surface area contributed by atoms with Gasteiger partial charge in [-0.2, -0.15) is 0 Å². The van der Waals surface area contributed by atoms with Gasteiger partial charge in [0.15, 0.2) is 0 Å². The fourth-order valence-corrected chi connectivity index (χ4v) is 2.28. The minimum Gasteiger partial charge on any atom is -0.378 e. The van der Waals surface area contributed by atoms with Crippen LogP contribution < -0.4 is 10.6 Å². The van der Waals surface area contributed by atoms with Crippen molar-refractivity contribution in [2.45, 2.75) is 52.5 Å². The fourth-order valence-electron chi connectivity index (χ4n) is 2.28. The second kappa shape index (κ2) is 8.06. The standard InChI is InChI=1S/C14H30N2O/c1-4-5-6-7-14(2,3)12-15-10-13-11-17-9-8-16-13/h13,15-16H,4-12H2,1-3H3. The maximum absolute atomic E-state index is 5.44. The first-order chi connectivity index (χ1) is 8.14. The summed E-state index contributed by atoms with van der Waals surface area (Å²) in [5.74, 6) is 0. The van der Waals surface area contributed by atoms with Crippen LogP contribution in [0.1, 0.15) is 46.5 Å². The smallest absolute Gasteiger partial charge is 0.0632 e. The molecule has 1 aliphatic rings. The normalized spacial score (nSPS) is 21.7. The molecular formula is C14H30N2O. The highest BCUT2D eigenvalue weighted by Crippen LogP contribution is 2.22. The Labute approximate surface area is 107 Å². The molecule has 0 aromatic heterocycles. The van der Waals surface area contributed by atoms with Crippen LogP contribution in [0.15, 0.2) is 0 Å². The van der Waals surface area contributed by atoms with Crippen molar-refractivity contribution in [3.05, 3.63) is 0 Å². The molecule has 3 nitrogen and oxygen atoms in total. The molecule has 1 saturated heterocycles. The maximum atomic E-state index is 5.44. The van der Waals surface area contributed by atoms with Crippen molar-refractivity contribution in [1.82, 2.24) is 10.6 Å². The lowest BCUT2D eigenvalue weighted by Gasteiger charge is -2.28. The van der Waals surface area contributed by atoms with Gasteiger partial charge in [-0.05, 0) is 11.8 Å². The zero-order valence-corrected chi connectivity index (χ0v) is 11.8. The SMILES string of the molecule is CCCCCC(C)(C)CNCC1COCCN1. The van der Waals surface area contributed by atoms with E-state index >= 15 is 0 Å². The van der Waals surface area contributed by atoms with Crippen molar-refractivity contribution in [2.24, 2.45) is 5.41 Å². The molecule has 0 aliphatic carbocycles. The summed E-state index contributed by atoms with van der Waals surface area (Å²) in [6.07, 6.45) is 5.35. The minimum absolute atomic E-state index is 0.421. The summed E-state index contributed by atoms with van der Waals surface area (Å²) in [5, 5.41) is 7.05. The third-order valence-electron chi connectivity index (χ3n) is 3.45. The molecule has 1 fully saturated rings.